The Kier molecular flexibility index (Phi) is 1.74. The minimum Gasteiger partial charge on any atom is -0.340 e. The molecule has 0 aromatic heterocycles. The van der Waals surface area contributed by atoms with Gasteiger partial charge in [0.05, 0.1) is 0 Å². The summed E-state index contributed by atoms with van der Waals surface area (Å²) in [5.74, 6) is 1.88. The Morgan fingerprint density at radius 2 is 1.73 bits per heavy atom. The first-order valence-electron chi connectivity index (χ1n) is 4.32. The molecule has 0 aromatic carbocycles. The predicted octanol–water partition coefficient (Wildman–Crippen LogP) is 1.19. The van der Waals surface area contributed by atoms with Gasteiger partial charge in [0.2, 0.25) is 0 Å². The van der Waals surface area contributed by atoms with Crippen molar-refractivity contribution in [1.29, 1.82) is 5.26 Å². The van der Waals surface area contributed by atoms with E-state index in [-0.39, 0.29) is 0 Å². The lowest BCUT2D eigenvalue weighted by atomic mass is 9.65. The van der Waals surface area contributed by atoms with E-state index in [1.165, 1.54) is 25.7 Å². The van der Waals surface area contributed by atoms with Gasteiger partial charge in [-0.25, -0.2) is 5.26 Å². The number of nitriles is 1. The van der Waals surface area contributed by atoms with Crippen molar-refractivity contribution in [3.8, 4) is 5.69 Å². The molecular weight excluding hydrogens is 152 g/mol. The fourth-order valence-electron chi connectivity index (χ4n) is 2.50. The lowest BCUT2D eigenvalue weighted by Gasteiger charge is -2.45. The Morgan fingerprint density at radius 1 is 1.18 bits per heavy atom. The summed E-state index contributed by atoms with van der Waals surface area (Å²) in [6, 6.07) is 0. The quantitative estimate of drug-likeness (QED) is 0.593. The van der Waals surface area contributed by atoms with E-state index in [1.54, 1.807) is 0 Å². The number of hydrogen-bond acceptors (Lipinski definition) is 2. The molecule has 2 bridgehead atoms. The van der Waals surface area contributed by atoms with E-state index in [9.17, 15) is 0 Å². The molecule has 0 atom stereocenters. The van der Waals surface area contributed by atoms with Crippen molar-refractivity contribution in [2.24, 2.45) is 17.2 Å². The van der Waals surface area contributed by atoms with E-state index in [1.807, 2.05) is 0 Å². The molecule has 0 heterocycles. The molecule has 3 saturated carbocycles. The minimum absolute atomic E-state index is 0.613. The van der Waals surface area contributed by atoms with Gasteiger partial charge in [0.1, 0.15) is 0 Å². The van der Waals surface area contributed by atoms with Crippen LogP contribution in [0.3, 0.4) is 0 Å². The van der Waals surface area contributed by atoms with E-state index in [2.05, 4.69) is 5.69 Å². The second-order valence-corrected chi connectivity index (χ2v) is 5.89. The molecule has 0 amide bonds. The largest absolute Gasteiger partial charge is 0.340 e. The Bertz CT molecular complexity index is 183. The van der Waals surface area contributed by atoms with Gasteiger partial charge in [0, 0.05) is 5.69 Å². The monoisotopic (exact) mass is 165 g/mol. The van der Waals surface area contributed by atoms with Crippen LogP contribution in [0.5, 0.6) is 0 Å². The molecule has 2 nitrogen and oxygen atoms in total. The Balaban J connectivity index is 1.93. The highest BCUT2D eigenvalue weighted by molar-refractivity contribution is 6.65. The molecule has 11 heavy (non-hydrogen) atoms. The Hall–Kier alpha value is -0.333. The number of nitrogens with two attached hydrogens (primary N) is 1. The summed E-state index contributed by atoms with van der Waals surface area (Å²) < 4.78 is 0. The SMILES string of the molecule is N#C[Si](N)C1CC2CC(C2)C1. The zero-order valence-electron chi connectivity index (χ0n) is 6.59. The molecule has 0 spiro atoms. The van der Waals surface area contributed by atoms with Crippen LogP contribution >= 0.6 is 0 Å². The third kappa shape index (κ3) is 1.21. The van der Waals surface area contributed by atoms with Crippen molar-refractivity contribution in [2.75, 3.05) is 0 Å². The maximum atomic E-state index is 8.66. The highest BCUT2D eigenvalue weighted by Crippen LogP contribution is 2.50. The number of hydrogen-bond donors (Lipinski definition) is 1. The van der Waals surface area contributed by atoms with Crippen LogP contribution in [0.2, 0.25) is 5.54 Å². The van der Waals surface area contributed by atoms with Gasteiger partial charge >= 0.3 is 0 Å². The molecule has 3 rings (SSSR count). The lowest BCUT2D eigenvalue weighted by Crippen LogP contribution is -2.41. The zero-order valence-corrected chi connectivity index (χ0v) is 7.59. The van der Waals surface area contributed by atoms with Gasteiger partial charge in [-0.3, -0.25) is 0 Å². The summed E-state index contributed by atoms with van der Waals surface area (Å²) >= 11 is 0. The van der Waals surface area contributed by atoms with Gasteiger partial charge in [-0.1, -0.05) is 0 Å². The predicted molar refractivity (Wildman–Crippen MR) is 44.8 cm³/mol. The molecule has 3 heteroatoms. The van der Waals surface area contributed by atoms with Gasteiger partial charge in [-0.2, -0.15) is 0 Å². The van der Waals surface area contributed by atoms with Gasteiger partial charge in [0.15, 0.2) is 0 Å². The first-order valence-corrected chi connectivity index (χ1v) is 5.97. The summed E-state index contributed by atoms with van der Waals surface area (Å²) in [6.07, 6.45) is 5.37. The highest BCUT2D eigenvalue weighted by atomic mass is 28.3. The second kappa shape index (κ2) is 2.61. The van der Waals surface area contributed by atoms with Crippen LogP contribution in [0.25, 0.3) is 0 Å². The highest BCUT2D eigenvalue weighted by Gasteiger charge is 2.40. The zero-order chi connectivity index (χ0) is 7.84. The molecule has 3 fully saturated rings. The van der Waals surface area contributed by atoms with Gasteiger partial charge < -0.3 is 5.40 Å². The smallest absolute Gasteiger partial charge is 0.265 e. The molecule has 0 aliphatic heterocycles. The summed E-state index contributed by atoms with van der Waals surface area (Å²) in [6.45, 7) is 0. The van der Waals surface area contributed by atoms with Crippen LogP contribution < -0.4 is 5.40 Å². The van der Waals surface area contributed by atoms with Crippen molar-refractivity contribution in [3.63, 3.8) is 0 Å². The maximum Gasteiger partial charge on any atom is 0.265 e. The van der Waals surface area contributed by atoms with Crippen molar-refractivity contribution in [3.05, 3.63) is 0 Å². The molecule has 0 unspecified atom stereocenters. The van der Waals surface area contributed by atoms with Gasteiger partial charge in [-0.05, 0) is 43.1 Å². The molecule has 3 aliphatic rings. The third-order valence-electron chi connectivity index (χ3n) is 3.14. The fourth-order valence-corrected chi connectivity index (χ4v) is 3.86. The number of fused-ring (bicyclic) bond motifs is 2. The van der Waals surface area contributed by atoms with Crippen LogP contribution in [0.15, 0.2) is 0 Å². The van der Waals surface area contributed by atoms with Crippen LogP contribution in [0.4, 0.5) is 0 Å². The minimum atomic E-state index is -1.13. The van der Waals surface area contributed by atoms with E-state index in [0.717, 1.165) is 11.8 Å². The number of rotatable bonds is 1. The average molecular weight is 165 g/mol. The summed E-state index contributed by atoms with van der Waals surface area (Å²) in [5.41, 5.74) is 2.87. The Labute approximate surface area is 69.1 Å². The van der Waals surface area contributed by atoms with Crippen molar-refractivity contribution >= 4 is 8.96 Å². The van der Waals surface area contributed by atoms with Crippen molar-refractivity contribution < 1.29 is 0 Å². The molecule has 3 aliphatic carbocycles. The Morgan fingerprint density at radius 3 is 2.18 bits per heavy atom. The summed E-state index contributed by atoms with van der Waals surface area (Å²) in [7, 11) is -1.13. The number of nitrogens with zero attached hydrogens (tertiary/aromatic N) is 1. The fraction of sp³-hybridized carbons (Fsp3) is 0.875. The standard InChI is InChI=1S/C8H13N2Si/c9-5-11(10)8-3-6-1-7(2-6)4-8/h6-8H,1-4,10H2. The van der Waals surface area contributed by atoms with E-state index >= 15 is 0 Å². The molecule has 59 valence electrons. The van der Waals surface area contributed by atoms with Crippen LogP contribution in [0, 0.1) is 22.8 Å². The molecule has 0 saturated heterocycles. The molecule has 1 radical (unpaired) electrons. The van der Waals surface area contributed by atoms with Crippen LogP contribution in [-0.4, -0.2) is 8.96 Å². The molecule has 2 N–H and O–H groups in total. The third-order valence-corrected chi connectivity index (χ3v) is 4.75. The topological polar surface area (TPSA) is 49.8 Å². The molecular formula is C8H13N2Si. The van der Waals surface area contributed by atoms with Gasteiger partial charge in [-0.15, -0.1) is 0 Å². The summed E-state index contributed by atoms with van der Waals surface area (Å²) in [4.78, 5) is 0. The summed E-state index contributed by atoms with van der Waals surface area (Å²) in [5, 5.41) is 14.4. The lowest BCUT2D eigenvalue weighted by molar-refractivity contribution is 0.115. The average Bonchev–Trinajstić information content (AvgIpc) is 2.02. The van der Waals surface area contributed by atoms with Crippen LogP contribution in [-0.2, 0) is 0 Å². The van der Waals surface area contributed by atoms with Crippen molar-refractivity contribution in [1.82, 2.24) is 0 Å². The molecule has 0 aromatic rings. The normalized spacial score (nSPS) is 41.4. The first-order chi connectivity index (χ1) is 5.29. The van der Waals surface area contributed by atoms with Crippen molar-refractivity contribution in [2.45, 2.75) is 31.2 Å². The maximum absolute atomic E-state index is 8.66. The van der Waals surface area contributed by atoms with E-state index in [4.69, 9.17) is 10.7 Å². The second-order valence-electron chi connectivity index (χ2n) is 3.94. The first kappa shape index (κ1) is 7.32. The van der Waals surface area contributed by atoms with Gasteiger partial charge in [0.25, 0.3) is 8.96 Å². The van der Waals surface area contributed by atoms with E-state index in [0.29, 0.717) is 5.54 Å². The van der Waals surface area contributed by atoms with E-state index < -0.39 is 8.96 Å². The van der Waals surface area contributed by atoms with Crippen LogP contribution in [0.1, 0.15) is 25.7 Å².